The lowest BCUT2D eigenvalue weighted by Gasteiger charge is -2.32. The predicted molar refractivity (Wildman–Crippen MR) is 108 cm³/mol. The van der Waals surface area contributed by atoms with Crippen LogP contribution >= 0.6 is 0 Å². The fraction of sp³-hybridized carbons (Fsp3) is 0.286. The molecule has 0 saturated heterocycles. The average Bonchev–Trinajstić information content (AvgIpc) is 3.41. The van der Waals surface area contributed by atoms with Crippen LogP contribution in [-0.4, -0.2) is 36.4 Å². The number of fused-ring (bicyclic) bond motifs is 1. The van der Waals surface area contributed by atoms with E-state index < -0.39 is 0 Å². The van der Waals surface area contributed by atoms with Gasteiger partial charge in [-0.2, -0.15) is 4.98 Å². The van der Waals surface area contributed by atoms with Crippen LogP contribution < -0.4 is 4.90 Å². The molecule has 4 aromatic rings. The summed E-state index contributed by atoms with van der Waals surface area (Å²) in [5.74, 6) is 2.86. The number of hydrogen-bond donors (Lipinski definition) is 0. The number of hydrogen-bond acceptors (Lipinski definition) is 7. The molecule has 1 unspecified atom stereocenters. The molecule has 3 aromatic heterocycles. The van der Waals surface area contributed by atoms with Crippen LogP contribution in [-0.2, 0) is 6.54 Å². The van der Waals surface area contributed by atoms with Gasteiger partial charge in [-0.25, -0.2) is 0 Å². The third kappa shape index (κ3) is 3.16. The average molecular weight is 387 g/mol. The number of anilines is 1. The van der Waals surface area contributed by atoms with Crippen LogP contribution in [0.2, 0.25) is 0 Å². The van der Waals surface area contributed by atoms with Crippen molar-refractivity contribution >= 4 is 5.95 Å². The Balaban J connectivity index is 1.45. The van der Waals surface area contributed by atoms with Gasteiger partial charge in [-0.3, -0.25) is 9.55 Å². The molecule has 1 atom stereocenters. The van der Waals surface area contributed by atoms with Crippen molar-refractivity contribution in [1.82, 2.24) is 29.9 Å². The molecule has 8 heteroatoms. The minimum Gasteiger partial charge on any atom is -0.334 e. The van der Waals surface area contributed by atoms with E-state index in [1.807, 2.05) is 43.3 Å². The van der Waals surface area contributed by atoms with Gasteiger partial charge in [-0.15, -0.1) is 10.2 Å². The Kier molecular flexibility index (Phi) is 4.31. The molecular formula is C21H21N7O. The molecule has 1 aliphatic rings. The Bertz CT molecular complexity index is 1130. The largest absolute Gasteiger partial charge is 0.334 e. The first kappa shape index (κ1) is 17.5. The highest BCUT2D eigenvalue weighted by molar-refractivity contribution is 5.58. The topological polar surface area (TPSA) is 85.8 Å². The molecule has 0 aliphatic carbocycles. The summed E-state index contributed by atoms with van der Waals surface area (Å²) in [6.45, 7) is 5.86. The van der Waals surface area contributed by atoms with E-state index >= 15 is 0 Å². The molecule has 0 amide bonds. The van der Waals surface area contributed by atoms with Gasteiger partial charge in [-0.1, -0.05) is 22.9 Å². The normalized spacial score (nSPS) is 14.6. The van der Waals surface area contributed by atoms with Crippen molar-refractivity contribution < 1.29 is 4.52 Å². The Morgan fingerprint density at radius 3 is 2.72 bits per heavy atom. The van der Waals surface area contributed by atoms with Crippen LogP contribution in [0, 0.1) is 6.92 Å². The SMILES string of the molecule is Cc1cccc(-c2nc(C(C)N3CCCn4c(-c5ccncc5)nnc43)no2)c1. The Hall–Kier alpha value is -3.55. The zero-order valence-electron chi connectivity index (χ0n) is 16.4. The minimum atomic E-state index is -0.0779. The highest BCUT2D eigenvalue weighted by Gasteiger charge is 2.29. The van der Waals surface area contributed by atoms with E-state index in [-0.39, 0.29) is 6.04 Å². The molecule has 1 aliphatic heterocycles. The fourth-order valence-corrected chi connectivity index (χ4v) is 3.73. The number of aryl methyl sites for hydroxylation is 1. The van der Waals surface area contributed by atoms with Crippen LogP contribution in [0.25, 0.3) is 22.8 Å². The van der Waals surface area contributed by atoms with Crippen LogP contribution in [0.15, 0.2) is 53.3 Å². The van der Waals surface area contributed by atoms with Gasteiger partial charge in [0, 0.05) is 36.6 Å². The second-order valence-electron chi connectivity index (χ2n) is 7.26. The van der Waals surface area contributed by atoms with Crippen LogP contribution in [0.5, 0.6) is 0 Å². The van der Waals surface area contributed by atoms with Crippen molar-refractivity contribution in [3.8, 4) is 22.8 Å². The number of aromatic nitrogens is 6. The highest BCUT2D eigenvalue weighted by Crippen LogP contribution is 2.32. The maximum absolute atomic E-state index is 5.54. The van der Waals surface area contributed by atoms with Crippen molar-refractivity contribution in [3.05, 3.63) is 60.2 Å². The lowest BCUT2D eigenvalue weighted by Crippen LogP contribution is -2.35. The molecule has 4 heterocycles. The van der Waals surface area contributed by atoms with Crippen LogP contribution in [0.4, 0.5) is 5.95 Å². The third-order valence-corrected chi connectivity index (χ3v) is 5.26. The number of pyridine rings is 1. The molecule has 29 heavy (non-hydrogen) atoms. The van der Waals surface area contributed by atoms with E-state index in [1.165, 1.54) is 0 Å². The molecule has 0 N–H and O–H groups in total. The fourth-order valence-electron chi connectivity index (χ4n) is 3.73. The summed E-state index contributed by atoms with van der Waals surface area (Å²) < 4.78 is 7.69. The summed E-state index contributed by atoms with van der Waals surface area (Å²) in [5.41, 5.74) is 3.09. The summed E-state index contributed by atoms with van der Waals surface area (Å²) in [4.78, 5) is 10.9. The molecule has 0 spiro atoms. The summed E-state index contributed by atoms with van der Waals surface area (Å²) in [7, 11) is 0. The van der Waals surface area contributed by atoms with Crippen molar-refractivity contribution in [1.29, 1.82) is 0 Å². The van der Waals surface area contributed by atoms with E-state index in [2.05, 4.69) is 41.7 Å². The lowest BCUT2D eigenvalue weighted by atomic mass is 10.1. The first-order valence-electron chi connectivity index (χ1n) is 9.71. The summed E-state index contributed by atoms with van der Waals surface area (Å²) in [6.07, 6.45) is 4.54. The zero-order chi connectivity index (χ0) is 19.8. The van der Waals surface area contributed by atoms with Crippen molar-refractivity contribution in [3.63, 3.8) is 0 Å². The summed E-state index contributed by atoms with van der Waals surface area (Å²) >= 11 is 0. The molecule has 1 aromatic carbocycles. The van der Waals surface area contributed by atoms with Gasteiger partial charge in [0.1, 0.15) is 0 Å². The predicted octanol–water partition coefficient (Wildman–Crippen LogP) is 3.67. The second kappa shape index (κ2) is 7.12. The summed E-state index contributed by atoms with van der Waals surface area (Å²) in [5, 5.41) is 13.1. The van der Waals surface area contributed by atoms with E-state index in [9.17, 15) is 0 Å². The van der Waals surface area contributed by atoms with E-state index in [0.717, 1.165) is 48.0 Å². The smallest absolute Gasteiger partial charge is 0.258 e. The highest BCUT2D eigenvalue weighted by atomic mass is 16.5. The van der Waals surface area contributed by atoms with Crippen LogP contribution in [0.1, 0.15) is 30.8 Å². The number of benzene rings is 1. The van der Waals surface area contributed by atoms with E-state index in [1.54, 1.807) is 12.4 Å². The molecule has 0 bridgehead atoms. The second-order valence-corrected chi connectivity index (χ2v) is 7.26. The number of nitrogens with zero attached hydrogens (tertiary/aromatic N) is 7. The third-order valence-electron chi connectivity index (χ3n) is 5.26. The molecular weight excluding hydrogens is 366 g/mol. The zero-order valence-corrected chi connectivity index (χ0v) is 16.4. The number of rotatable bonds is 4. The van der Waals surface area contributed by atoms with Crippen molar-refractivity contribution in [2.75, 3.05) is 11.4 Å². The van der Waals surface area contributed by atoms with Gasteiger partial charge in [0.25, 0.3) is 5.89 Å². The summed E-state index contributed by atoms with van der Waals surface area (Å²) in [6, 6.07) is 11.9. The molecule has 8 nitrogen and oxygen atoms in total. The van der Waals surface area contributed by atoms with Crippen molar-refractivity contribution in [2.45, 2.75) is 32.9 Å². The first-order valence-corrected chi connectivity index (χ1v) is 9.71. The molecule has 146 valence electrons. The molecule has 0 radical (unpaired) electrons. The maximum Gasteiger partial charge on any atom is 0.258 e. The lowest BCUT2D eigenvalue weighted by molar-refractivity contribution is 0.411. The van der Waals surface area contributed by atoms with Crippen LogP contribution in [0.3, 0.4) is 0 Å². The minimum absolute atomic E-state index is 0.0779. The van der Waals surface area contributed by atoms with Gasteiger partial charge in [0.2, 0.25) is 5.95 Å². The van der Waals surface area contributed by atoms with E-state index in [0.29, 0.717) is 11.7 Å². The molecule has 0 fully saturated rings. The van der Waals surface area contributed by atoms with Crippen molar-refractivity contribution in [2.24, 2.45) is 0 Å². The Morgan fingerprint density at radius 2 is 1.90 bits per heavy atom. The quantitative estimate of drug-likeness (QED) is 0.528. The van der Waals surface area contributed by atoms with Gasteiger partial charge < -0.3 is 9.42 Å². The van der Waals surface area contributed by atoms with Gasteiger partial charge in [0.15, 0.2) is 11.6 Å². The monoisotopic (exact) mass is 387 g/mol. The molecule has 5 rings (SSSR count). The Morgan fingerprint density at radius 1 is 1.03 bits per heavy atom. The standard InChI is InChI=1S/C21H21N7O/c1-14-5-3-6-17(13-14)20-23-18(26-29-20)15(2)27-11-4-12-28-19(24-25-21(27)28)16-7-9-22-10-8-16/h3,5-10,13,15H,4,11-12H2,1-2H3. The van der Waals surface area contributed by atoms with E-state index in [4.69, 9.17) is 4.52 Å². The maximum atomic E-state index is 5.54. The first-order chi connectivity index (χ1) is 14.2. The van der Waals surface area contributed by atoms with Gasteiger partial charge >= 0.3 is 0 Å². The Labute approximate surface area is 168 Å². The molecule has 0 saturated carbocycles. The van der Waals surface area contributed by atoms with Gasteiger partial charge in [0.05, 0.1) is 6.04 Å². The van der Waals surface area contributed by atoms with Gasteiger partial charge in [-0.05, 0) is 44.5 Å².